The molecule has 0 saturated carbocycles. The molecule has 0 saturated heterocycles. The Labute approximate surface area is 214 Å². The van der Waals surface area contributed by atoms with Crippen LogP contribution >= 0.6 is 0 Å². The van der Waals surface area contributed by atoms with Crippen molar-refractivity contribution in [3.63, 3.8) is 0 Å². The smallest absolute Gasteiger partial charge is 0.247 e. The molecule has 3 aromatic carbocycles. The minimum absolute atomic E-state index is 0.272. The SMILES string of the molecule is C=CC(=O)Nc1cccc(-c2cc(-c3ccc(Oc4ccccn4)cc3OC)cc3cnc(C)nc23)c1. The van der Waals surface area contributed by atoms with Crippen LogP contribution in [-0.4, -0.2) is 28.0 Å². The van der Waals surface area contributed by atoms with Crippen molar-refractivity contribution in [1.82, 2.24) is 15.0 Å². The first kappa shape index (κ1) is 23.7. The zero-order valence-electron chi connectivity index (χ0n) is 20.4. The van der Waals surface area contributed by atoms with Crippen LogP contribution in [0.25, 0.3) is 33.2 Å². The molecule has 0 bridgehead atoms. The quantitative estimate of drug-likeness (QED) is 0.260. The van der Waals surface area contributed by atoms with Gasteiger partial charge in [0, 0.05) is 46.7 Å². The number of aryl methyl sites for hydroxylation is 1. The van der Waals surface area contributed by atoms with Crippen molar-refractivity contribution in [1.29, 1.82) is 0 Å². The Balaban J connectivity index is 1.62. The largest absolute Gasteiger partial charge is 0.496 e. The molecule has 0 spiro atoms. The topological polar surface area (TPSA) is 86.2 Å². The molecule has 0 radical (unpaired) electrons. The van der Waals surface area contributed by atoms with Crippen molar-refractivity contribution in [2.45, 2.75) is 6.92 Å². The summed E-state index contributed by atoms with van der Waals surface area (Å²) in [6.07, 6.45) is 4.74. The van der Waals surface area contributed by atoms with Gasteiger partial charge in [-0.05, 0) is 66.6 Å². The maximum Gasteiger partial charge on any atom is 0.247 e. The number of fused-ring (bicyclic) bond motifs is 1. The van der Waals surface area contributed by atoms with E-state index in [0.29, 0.717) is 28.9 Å². The summed E-state index contributed by atoms with van der Waals surface area (Å²) in [5.74, 6) is 2.17. The van der Waals surface area contributed by atoms with E-state index in [2.05, 4.69) is 27.9 Å². The Hall–Kier alpha value is -5.04. The van der Waals surface area contributed by atoms with Crippen molar-refractivity contribution in [3.05, 3.63) is 104 Å². The van der Waals surface area contributed by atoms with Gasteiger partial charge in [-0.2, -0.15) is 0 Å². The van der Waals surface area contributed by atoms with Gasteiger partial charge < -0.3 is 14.8 Å². The molecule has 2 aromatic heterocycles. The molecule has 7 nitrogen and oxygen atoms in total. The van der Waals surface area contributed by atoms with Crippen LogP contribution in [0.4, 0.5) is 5.69 Å². The number of hydrogen-bond acceptors (Lipinski definition) is 6. The third-order valence-electron chi connectivity index (χ3n) is 5.77. The lowest BCUT2D eigenvalue weighted by Crippen LogP contribution is -2.07. The lowest BCUT2D eigenvalue weighted by atomic mass is 9.95. The second kappa shape index (κ2) is 10.3. The van der Waals surface area contributed by atoms with Gasteiger partial charge in [-0.3, -0.25) is 4.79 Å². The third-order valence-corrected chi connectivity index (χ3v) is 5.77. The number of ether oxygens (including phenoxy) is 2. The average Bonchev–Trinajstić information content (AvgIpc) is 2.93. The van der Waals surface area contributed by atoms with Crippen LogP contribution in [0, 0.1) is 6.92 Å². The molecule has 5 aromatic rings. The molecule has 0 unspecified atom stereocenters. The van der Waals surface area contributed by atoms with Crippen molar-refractivity contribution < 1.29 is 14.3 Å². The van der Waals surface area contributed by atoms with Crippen LogP contribution in [0.5, 0.6) is 17.4 Å². The van der Waals surface area contributed by atoms with Crippen molar-refractivity contribution in [2.75, 3.05) is 12.4 Å². The minimum Gasteiger partial charge on any atom is -0.496 e. The standard InChI is InChI=1S/C30H24N4O3/c1-4-28(35)34-23-9-7-8-20(15-23)26-16-21(14-22-18-32-19(2)33-30(22)26)25-12-11-24(17-27(25)36-3)37-29-10-5-6-13-31-29/h4-18H,1H2,2-3H3,(H,34,35). The van der Waals surface area contributed by atoms with Crippen LogP contribution in [0.1, 0.15) is 5.82 Å². The maximum absolute atomic E-state index is 11.9. The monoisotopic (exact) mass is 488 g/mol. The molecule has 1 amide bonds. The third kappa shape index (κ3) is 5.16. The highest BCUT2D eigenvalue weighted by Gasteiger charge is 2.15. The summed E-state index contributed by atoms with van der Waals surface area (Å²) in [7, 11) is 1.63. The summed E-state index contributed by atoms with van der Waals surface area (Å²) >= 11 is 0. The lowest BCUT2D eigenvalue weighted by Gasteiger charge is -2.15. The molecule has 0 aliphatic heterocycles. The second-order valence-corrected chi connectivity index (χ2v) is 8.29. The maximum atomic E-state index is 11.9. The van der Waals surface area contributed by atoms with E-state index in [-0.39, 0.29) is 5.91 Å². The number of pyridine rings is 1. The first-order chi connectivity index (χ1) is 18.0. The highest BCUT2D eigenvalue weighted by atomic mass is 16.5. The van der Waals surface area contributed by atoms with E-state index in [9.17, 15) is 4.79 Å². The van der Waals surface area contributed by atoms with Gasteiger partial charge in [0.05, 0.1) is 12.6 Å². The van der Waals surface area contributed by atoms with E-state index >= 15 is 0 Å². The van der Waals surface area contributed by atoms with Crippen molar-refractivity contribution >= 4 is 22.5 Å². The molecule has 2 heterocycles. The summed E-state index contributed by atoms with van der Waals surface area (Å²) in [5.41, 5.74) is 5.11. The Kier molecular flexibility index (Phi) is 6.59. The molecule has 7 heteroatoms. The fourth-order valence-corrected chi connectivity index (χ4v) is 4.07. The van der Waals surface area contributed by atoms with Gasteiger partial charge in [-0.1, -0.05) is 24.8 Å². The molecular formula is C30H24N4O3. The van der Waals surface area contributed by atoms with E-state index in [1.807, 2.05) is 73.8 Å². The molecule has 5 rings (SSSR count). The van der Waals surface area contributed by atoms with Crippen LogP contribution in [0.15, 0.2) is 97.8 Å². The molecule has 0 aliphatic rings. The molecule has 182 valence electrons. The van der Waals surface area contributed by atoms with Crippen molar-refractivity contribution in [2.24, 2.45) is 0 Å². The second-order valence-electron chi connectivity index (χ2n) is 8.29. The van der Waals surface area contributed by atoms with Crippen LogP contribution in [0.2, 0.25) is 0 Å². The normalized spacial score (nSPS) is 10.6. The predicted octanol–water partition coefficient (Wildman–Crippen LogP) is 6.59. The number of rotatable bonds is 7. The first-order valence-electron chi connectivity index (χ1n) is 11.6. The number of nitrogens with one attached hydrogen (secondary N) is 1. The molecule has 0 atom stereocenters. The first-order valence-corrected chi connectivity index (χ1v) is 11.6. The Morgan fingerprint density at radius 2 is 1.84 bits per heavy atom. The number of aromatic nitrogens is 3. The van der Waals surface area contributed by atoms with Gasteiger partial charge in [0.2, 0.25) is 11.8 Å². The van der Waals surface area contributed by atoms with Gasteiger partial charge >= 0.3 is 0 Å². The summed E-state index contributed by atoms with van der Waals surface area (Å²) in [5, 5.41) is 3.71. The lowest BCUT2D eigenvalue weighted by molar-refractivity contribution is -0.111. The number of amides is 1. The van der Waals surface area contributed by atoms with Crippen molar-refractivity contribution in [3.8, 4) is 39.6 Å². The fraction of sp³-hybridized carbons (Fsp3) is 0.0667. The molecule has 0 fully saturated rings. The van der Waals surface area contributed by atoms with Crippen LogP contribution < -0.4 is 14.8 Å². The van der Waals surface area contributed by atoms with Gasteiger partial charge in [-0.15, -0.1) is 0 Å². The number of methoxy groups -OCH3 is 1. The van der Waals surface area contributed by atoms with Crippen LogP contribution in [0.3, 0.4) is 0 Å². The van der Waals surface area contributed by atoms with Gasteiger partial charge in [-0.25, -0.2) is 15.0 Å². The van der Waals surface area contributed by atoms with Crippen LogP contribution in [-0.2, 0) is 4.79 Å². The van der Waals surface area contributed by atoms with Gasteiger partial charge in [0.25, 0.3) is 0 Å². The minimum atomic E-state index is -0.272. The Morgan fingerprint density at radius 1 is 0.946 bits per heavy atom. The van der Waals surface area contributed by atoms with E-state index in [1.165, 1.54) is 6.08 Å². The summed E-state index contributed by atoms with van der Waals surface area (Å²) in [4.78, 5) is 25.2. The van der Waals surface area contributed by atoms with E-state index in [1.54, 1.807) is 19.4 Å². The molecule has 37 heavy (non-hydrogen) atoms. The number of benzene rings is 3. The number of anilines is 1. The summed E-state index contributed by atoms with van der Waals surface area (Å²) in [6, 6.07) is 22.9. The predicted molar refractivity (Wildman–Crippen MR) is 145 cm³/mol. The number of carbonyl (C=O) groups is 1. The number of hydrogen-bond donors (Lipinski definition) is 1. The average molecular weight is 489 g/mol. The van der Waals surface area contributed by atoms with E-state index < -0.39 is 0 Å². The molecular weight excluding hydrogens is 464 g/mol. The zero-order valence-corrected chi connectivity index (χ0v) is 20.4. The molecule has 1 N–H and O–H groups in total. The Bertz CT molecular complexity index is 1620. The van der Waals surface area contributed by atoms with E-state index in [0.717, 1.165) is 33.2 Å². The molecule has 0 aliphatic carbocycles. The number of carbonyl (C=O) groups excluding carboxylic acids is 1. The number of nitrogens with zero attached hydrogens (tertiary/aromatic N) is 3. The highest BCUT2D eigenvalue weighted by molar-refractivity contribution is 6.01. The van der Waals surface area contributed by atoms with E-state index in [4.69, 9.17) is 14.5 Å². The summed E-state index contributed by atoms with van der Waals surface area (Å²) in [6.45, 7) is 5.39. The Morgan fingerprint density at radius 3 is 2.62 bits per heavy atom. The summed E-state index contributed by atoms with van der Waals surface area (Å²) < 4.78 is 11.6. The fourth-order valence-electron chi connectivity index (χ4n) is 4.07. The highest BCUT2D eigenvalue weighted by Crippen LogP contribution is 2.39. The van der Waals surface area contributed by atoms with Gasteiger partial charge in [0.15, 0.2) is 0 Å². The van der Waals surface area contributed by atoms with Gasteiger partial charge in [0.1, 0.15) is 17.3 Å². The zero-order chi connectivity index (χ0) is 25.8.